The summed E-state index contributed by atoms with van der Waals surface area (Å²) < 4.78 is 37.4. The Morgan fingerprint density at radius 2 is 2.00 bits per heavy atom. The molecule has 0 bridgehead atoms. The van der Waals surface area contributed by atoms with E-state index in [4.69, 9.17) is 0 Å². The van der Waals surface area contributed by atoms with Crippen LogP contribution in [0.5, 0.6) is 0 Å². The zero-order chi connectivity index (χ0) is 13.9. The minimum atomic E-state index is -4.53. The maximum atomic E-state index is 12.5. The van der Waals surface area contributed by atoms with Crippen molar-refractivity contribution in [2.24, 2.45) is 0 Å². The van der Waals surface area contributed by atoms with Crippen LogP contribution in [-0.4, -0.2) is 15.9 Å². The number of hydrogen-bond acceptors (Lipinski definition) is 3. The first-order chi connectivity index (χ1) is 8.97. The molecule has 0 saturated carbocycles. The molecule has 0 atom stereocenters. The van der Waals surface area contributed by atoms with Crippen LogP contribution >= 0.6 is 0 Å². The van der Waals surface area contributed by atoms with Crippen molar-refractivity contribution in [2.75, 3.05) is 5.32 Å². The smallest absolute Gasteiger partial charge is 0.307 e. The van der Waals surface area contributed by atoms with E-state index in [-0.39, 0.29) is 11.4 Å². The van der Waals surface area contributed by atoms with Gasteiger partial charge in [0.05, 0.1) is 11.1 Å². The van der Waals surface area contributed by atoms with Gasteiger partial charge in [0.1, 0.15) is 5.82 Å². The minimum absolute atomic E-state index is 0.180. The quantitative estimate of drug-likeness (QED) is 0.910. The third-order valence-electron chi connectivity index (χ3n) is 2.23. The van der Waals surface area contributed by atoms with Crippen molar-refractivity contribution in [1.82, 2.24) is 9.97 Å². The first-order valence-electron chi connectivity index (χ1n) is 5.21. The maximum Gasteiger partial charge on any atom is 0.417 e. The Bertz CT molecular complexity index is 584. The number of amides is 1. The molecule has 2 heterocycles. The molecule has 7 heteroatoms. The Hall–Kier alpha value is -2.44. The normalized spacial score (nSPS) is 11.1. The molecule has 1 amide bonds. The molecule has 0 aliphatic carbocycles. The second-order valence-corrected chi connectivity index (χ2v) is 3.63. The third-order valence-corrected chi connectivity index (χ3v) is 2.23. The highest BCUT2D eigenvalue weighted by atomic mass is 19.4. The number of anilines is 1. The molecule has 0 saturated heterocycles. The van der Waals surface area contributed by atoms with E-state index < -0.39 is 17.6 Å². The molecule has 2 aromatic heterocycles. The summed E-state index contributed by atoms with van der Waals surface area (Å²) in [6, 6.07) is 5.57. The van der Waals surface area contributed by atoms with Gasteiger partial charge in [0.25, 0.3) is 5.91 Å². The predicted octanol–water partition coefficient (Wildman–Crippen LogP) is 2.75. The topological polar surface area (TPSA) is 54.9 Å². The highest BCUT2D eigenvalue weighted by molar-refractivity contribution is 6.03. The largest absolute Gasteiger partial charge is 0.417 e. The average molecular weight is 267 g/mol. The molecular weight excluding hydrogens is 259 g/mol. The second kappa shape index (κ2) is 5.05. The average Bonchev–Trinajstić information content (AvgIpc) is 2.39. The Kier molecular flexibility index (Phi) is 3.46. The first-order valence-corrected chi connectivity index (χ1v) is 5.21. The molecule has 0 radical (unpaired) electrons. The minimum Gasteiger partial charge on any atom is -0.307 e. The van der Waals surface area contributed by atoms with Crippen LogP contribution in [0.15, 0.2) is 42.9 Å². The van der Waals surface area contributed by atoms with Gasteiger partial charge in [-0.25, -0.2) is 4.98 Å². The molecule has 2 rings (SSSR count). The highest BCUT2D eigenvalue weighted by Crippen LogP contribution is 2.28. The molecule has 0 aromatic carbocycles. The van der Waals surface area contributed by atoms with Gasteiger partial charge in [-0.2, -0.15) is 13.2 Å². The number of hydrogen-bond donors (Lipinski definition) is 1. The van der Waals surface area contributed by atoms with E-state index in [1.807, 2.05) is 0 Å². The number of pyridine rings is 2. The van der Waals surface area contributed by atoms with Crippen molar-refractivity contribution >= 4 is 11.7 Å². The van der Waals surface area contributed by atoms with Gasteiger partial charge in [-0.05, 0) is 18.2 Å². The lowest BCUT2D eigenvalue weighted by atomic mass is 10.2. The molecule has 2 aromatic rings. The zero-order valence-electron chi connectivity index (χ0n) is 9.48. The summed E-state index contributed by atoms with van der Waals surface area (Å²) in [6.07, 6.45) is -1.35. The summed E-state index contributed by atoms with van der Waals surface area (Å²) in [5.74, 6) is -0.442. The fourth-order valence-electron chi connectivity index (χ4n) is 1.34. The number of nitrogens with zero attached hydrogens (tertiary/aromatic N) is 2. The van der Waals surface area contributed by atoms with Gasteiger partial charge in [-0.15, -0.1) is 0 Å². The number of aromatic nitrogens is 2. The number of alkyl halides is 3. The summed E-state index contributed by atoms with van der Waals surface area (Å²) in [4.78, 5) is 19.0. The van der Waals surface area contributed by atoms with Crippen molar-refractivity contribution in [3.63, 3.8) is 0 Å². The lowest BCUT2D eigenvalue weighted by Crippen LogP contribution is -2.15. The standard InChI is InChI=1S/C12H8F3N3O/c13-12(14,15)9-5-8(6-16-7-9)11(19)18-10-3-1-2-4-17-10/h1-7H,(H,17,18,19). The number of carbonyl (C=O) groups excluding carboxylic acids is 1. The zero-order valence-corrected chi connectivity index (χ0v) is 9.48. The molecule has 1 N–H and O–H groups in total. The fraction of sp³-hybridized carbons (Fsp3) is 0.0833. The summed E-state index contributed by atoms with van der Waals surface area (Å²) >= 11 is 0. The van der Waals surface area contributed by atoms with E-state index in [9.17, 15) is 18.0 Å². The van der Waals surface area contributed by atoms with Gasteiger partial charge in [0.2, 0.25) is 0 Å². The molecule has 98 valence electrons. The lowest BCUT2D eigenvalue weighted by Gasteiger charge is -2.08. The van der Waals surface area contributed by atoms with E-state index in [2.05, 4.69) is 15.3 Å². The van der Waals surface area contributed by atoms with Crippen LogP contribution in [0, 0.1) is 0 Å². The summed E-state index contributed by atoms with van der Waals surface area (Å²) in [5, 5.41) is 2.38. The molecule has 19 heavy (non-hydrogen) atoms. The number of carbonyl (C=O) groups is 1. The van der Waals surface area contributed by atoms with Crippen molar-refractivity contribution in [2.45, 2.75) is 6.18 Å². The first kappa shape index (κ1) is 13.0. The molecule has 0 spiro atoms. The molecule has 0 unspecified atom stereocenters. The Morgan fingerprint density at radius 3 is 2.63 bits per heavy atom. The van der Waals surface area contributed by atoms with Gasteiger partial charge < -0.3 is 5.32 Å². The molecule has 0 aliphatic heterocycles. The van der Waals surface area contributed by atoms with Crippen LogP contribution in [-0.2, 0) is 6.18 Å². The predicted molar refractivity (Wildman–Crippen MR) is 61.4 cm³/mol. The van der Waals surface area contributed by atoms with Gasteiger partial charge in [0, 0.05) is 18.6 Å². The molecule has 4 nitrogen and oxygen atoms in total. The second-order valence-electron chi connectivity index (χ2n) is 3.63. The van der Waals surface area contributed by atoms with Crippen LogP contribution in [0.3, 0.4) is 0 Å². The fourth-order valence-corrected chi connectivity index (χ4v) is 1.34. The number of halogens is 3. The molecule has 0 fully saturated rings. The summed E-state index contributed by atoms with van der Waals surface area (Å²) in [7, 11) is 0. The van der Waals surface area contributed by atoms with E-state index in [0.717, 1.165) is 12.3 Å². The van der Waals surface area contributed by atoms with Gasteiger partial charge in [0.15, 0.2) is 0 Å². The third kappa shape index (κ3) is 3.27. The maximum absolute atomic E-state index is 12.5. The van der Waals surface area contributed by atoms with E-state index in [1.165, 1.54) is 12.3 Å². The SMILES string of the molecule is O=C(Nc1ccccn1)c1cncc(C(F)(F)F)c1. The molecule has 0 aliphatic rings. The van der Waals surface area contributed by atoms with Gasteiger partial charge >= 0.3 is 6.18 Å². The van der Waals surface area contributed by atoms with Gasteiger partial charge in [-0.1, -0.05) is 6.07 Å². The Labute approximate surface area is 106 Å². The van der Waals surface area contributed by atoms with Crippen LogP contribution in [0.2, 0.25) is 0 Å². The van der Waals surface area contributed by atoms with Crippen LogP contribution in [0.1, 0.15) is 15.9 Å². The lowest BCUT2D eigenvalue weighted by molar-refractivity contribution is -0.137. The summed E-state index contributed by atoms with van der Waals surface area (Å²) in [5.41, 5.74) is -1.15. The van der Waals surface area contributed by atoms with Crippen LogP contribution in [0.25, 0.3) is 0 Å². The van der Waals surface area contributed by atoms with Crippen molar-refractivity contribution in [3.8, 4) is 0 Å². The van der Waals surface area contributed by atoms with Gasteiger partial charge in [-0.3, -0.25) is 9.78 Å². The number of nitrogens with one attached hydrogen (secondary N) is 1. The highest BCUT2D eigenvalue weighted by Gasteiger charge is 2.31. The molecular formula is C12H8F3N3O. The number of rotatable bonds is 2. The van der Waals surface area contributed by atoms with E-state index in [0.29, 0.717) is 6.20 Å². The summed E-state index contributed by atoms with van der Waals surface area (Å²) in [6.45, 7) is 0. The van der Waals surface area contributed by atoms with Crippen LogP contribution < -0.4 is 5.32 Å². The van der Waals surface area contributed by atoms with E-state index in [1.54, 1.807) is 12.1 Å². The van der Waals surface area contributed by atoms with Crippen molar-refractivity contribution in [1.29, 1.82) is 0 Å². The monoisotopic (exact) mass is 267 g/mol. The Morgan fingerprint density at radius 1 is 1.21 bits per heavy atom. The van der Waals surface area contributed by atoms with E-state index >= 15 is 0 Å². The Balaban J connectivity index is 2.20. The van der Waals surface area contributed by atoms with Crippen molar-refractivity contribution < 1.29 is 18.0 Å². The van der Waals surface area contributed by atoms with Crippen LogP contribution in [0.4, 0.5) is 19.0 Å². The van der Waals surface area contributed by atoms with Crippen molar-refractivity contribution in [3.05, 3.63) is 54.0 Å².